The van der Waals surface area contributed by atoms with Gasteiger partial charge >= 0.3 is 12.1 Å². The van der Waals surface area contributed by atoms with Gasteiger partial charge in [0, 0.05) is 29.9 Å². The van der Waals surface area contributed by atoms with Gasteiger partial charge in [-0.1, -0.05) is 17.3 Å². The summed E-state index contributed by atoms with van der Waals surface area (Å²) in [5.41, 5.74) is -0.450. The van der Waals surface area contributed by atoms with Crippen LogP contribution in [0.25, 0.3) is 11.3 Å². The Hall–Kier alpha value is -3.87. The van der Waals surface area contributed by atoms with Gasteiger partial charge < -0.3 is 9.57 Å². The lowest BCUT2D eigenvalue weighted by molar-refractivity contribution is -0.143. The van der Waals surface area contributed by atoms with E-state index in [0.29, 0.717) is 17.3 Å². The average Bonchev–Trinajstić information content (AvgIpc) is 2.86. The van der Waals surface area contributed by atoms with E-state index in [4.69, 9.17) is 9.57 Å². The third-order valence-electron chi connectivity index (χ3n) is 4.83. The minimum Gasteiger partial charge on any atom is -0.496 e. The maximum Gasteiger partial charge on any atom is 0.433 e. The van der Waals surface area contributed by atoms with Crippen molar-refractivity contribution in [3.63, 3.8) is 0 Å². The Bertz CT molecular complexity index is 1360. The van der Waals surface area contributed by atoms with Gasteiger partial charge in [0.2, 0.25) is 15.0 Å². The zero-order chi connectivity index (χ0) is 26.3. The molecule has 0 fully saturated rings. The van der Waals surface area contributed by atoms with Crippen LogP contribution in [-0.2, 0) is 25.6 Å². The number of alkyl halides is 3. The molecule has 1 aromatic carbocycles. The highest BCUT2D eigenvalue weighted by Crippen LogP contribution is 2.34. The monoisotopic (exact) mass is 522 g/mol. The number of benzene rings is 1. The summed E-state index contributed by atoms with van der Waals surface area (Å²) in [5, 5.41) is 2.69. The van der Waals surface area contributed by atoms with Crippen molar-refractivity contribution in [2.24, 2.45) is 5.16 Å². The molecule has 0 unspecified atom stereocenters. The summed E-state index contributed by atoms with van der Waals surface area (Å²) in [5.74, 6) is -1.28. The van der Waals surface area contributed by atoms with E-state index in [-0.39, 0.29) is 29.8 Å². The van der Waals surface area contributed by atoms with Gasteiger partial charge in [0.1, 0.15) is 11.4 Å². The van der Waals surface area contributed by atoms with Gasteiger partial charge in [-0.15, -0.1) is 0 Å². The van der Waals surface area contributed by atoms with Crippen LogP contribution >= 0.6 is 0 Å². The van der Waals surface area contributed by atoms with E-state index >= 15 is 0 Å². The summed E-state index contributed by atoms with van der Waals surface area (Å²) in [7, 11) is -3.05. The number of para-hydroxylation sites is 1. The molecule has 0 atom stereocenters. The van der Waals surface area contributed by atoms with E-state index in [0.717, 1.165) is 0 Å². The van der Waals surface area contributed by atoms with Crippen LogP contribution in [0.1, 0.15) is 31.0 Å². The molecule has 0 bridgehead atoms. The van der Waals surface area contributed by atoms with Crippen molar-refractivity contribution < 1.29 is 36.0 Å². The smallest absolute Gasteiger partial charge is 0.433 e. The van der Waals surface area contributed by atoms with Gasteiger partial charge in [0.25, 0.3) is 0 Å². The number of halogens is 3. The van der Waals surface area contributed by atoms with E-state index in [1.165, 1.54) is 31.6 Å². The summed E-state index contributed by atoms with van der Waals surface area (Å²) < 4.78 is 71.1. The Morgan fingerprint density at radius 3 is 2.44 bits per heavy atom. The van der Waals surface area contributed by atoms with E-state index in [9.17, 15) is 26.4 Å². The molecule has 0 amide bonds. The largest absolute Gasteiger partial charge is 0.496 e. The summed E-state index contributed by atoms with van der Waals surface area (Å²) in [4.78, 5) is 27.7. The molecular weight excluding hydrogens is 501 g/mol. The minimum atomic E-state index is -4.92. The number of carbonyl (C=O) groups is 1. The fourth-order valence-electron chi connectivity index (χ4n) is 3.01. The first-order valence-electron chi connectivity index (χ1n) is 10.5. The number of sulfone groups is 1. The quantitative estimate of drug-likeness (QED) is 0.178. The molecule has 3 rings (SSSR count). The fraction of sp³-hybridized carbons (Fsp3) is 0.261. The molecule has 0 saturated heterocycles. The molecule has 36 heavy (non-hydrogen) atoms. The molecule has 0 saturated carbocycles. The fourth-order valence-corrected chi connectivity index (χ4v) is 4.19. The van der Waals surface area contributed by atoms with Gasteiger partial charge in [0.15, 0.2) is 0 Å². The molecule has 0 N–H and O–H groups in total. The number of oxime groups is 1. The SMILES string of the molecule is COc1ccccc1-c1cc(C(F)(F)F)nc(S(=O)(=O)CCCC(=O)ON=C(C)c2ccncc2)n1. The molecule has 2 aromatic heterocycles. The Morgan fingerprint density at radius 1 is 1.08 bits per heavy atom. The predicted octanol–water partition coefficient (Wildman–Crippen LogP) is 4.09. The first-order valence-corrected chi connectivity index (χ1v) is 12.1. The minimum absolute atomic E-state index is 0.162. The van der Waals surface area contributed by atoms with Crippen molar-refractivity contribution >= 4 is 21.5 Å². The van der Waals surface area contributed by atoms with Crippen LogP contribution in [0.15, 0.2) is 65.2 Å². The van der Waals surface area contributed by atoms with Crippen LogP contribution < -0.4 is 4.74 Å². The number of aromatic nitrogens is 3. The van der Waals surface area contributed by atoms with Crippen molar-refractivity contribution in [2.45, 2.75) is 31.1 Å². The standard InChI is InChI=1S/C23H21F3N4O5S/c1-15(16-9-11-27-12-10-16)30-35-21(31)8-5-13-36(32,33)22-28-18(14-20(29-22)23(24,25)26)17-6-3-4-7-19(17)34-2/h3-4,6-7,9-12,14H,5,8,13H2,1-2H3. The lowest BCUT2D eigenvalue weighted by atomic mass is 10.1. The number of carbonyl (C=O) groups excluding carboxylic acids is 1. The third-order valence-corrected chi connectivity index (χ3v) is 6.40. The molecule has 13 heteroatoms. The van der Waals surface area contributed by atoms with Gasteiger partial charge in [-0.2, -0.15) is 13.2 Å². The molecule has 3 aromatic rings. The number of methoxy groups -OCH3 is 1. The van der Waals surface area contributed by atoms with E-state index in [1.54, 1.807) is 31.2 Å². The number of hydrogen-bond donors (Lipinski definition) is 0. The number of ether oxygens (including phenoxy) is 1. The zero-order valence-corrected chi connectivity index (χ0v) is 20.0. The van der Waals surface area contributed by atoms with Crippen molar-refractivity contribution in [1.82, 2.24) is 15.0 Å². The van der Waals surface area contributed by atoms with Crippen LogP contribution in [0.5, 0.6) is 5.75 Å². The topological polar surface area (TPSA) is 121 Å². The molecular formula is C23H21F3N4O5S. The molecule has 2 heterocycles. The maximum absolute atomic E-state index is 13.5. The van der Waals surface area contributed by atoms with Crippen molar-refractivity contribution in [2.75, 3.05) is 12.9 Å². The van der Waals surface area contributed by atoms with Gasteiger partial charge in [-0.25, -0.2) is 23.2 Å². The van der Waals surface area contributed by atoms with E-state index in [1.807, 2.05) is 0 Å². The first kappa shape index (κ1) is 26.7. The Kier molecular flexibility index (Phi) is 8.35. The molecule has 0 radical (unpaired) electrons. The number of pyridine rings is 1. The molecule has 0 aliphatic carbocycles. The zero-order valence-electron chi connectivity index (χ0n) is 19.2. The lowest BCUT2D eigenvalue weighted by Crippen LogP contribution is -2.17. The highest BCUT2D eigenvalue weighted by Gasteiger charge is 2.35. The van der Waals surface area contributed by atoms with Crippen molar-refractivity contribution in [3.05, 3.63) is 66.1 Å². The summed E-state index contributed by atoms with van der Waals surface area (Å²) in [6.07, 6.45) is -2.43. The second kappa shape index (κ2) is 11.2. The van der Waals surface area contributed by atoms with Gasteiger partial charge in [-0.3, -0.25) is 4.98 Å². The van der Waals surface area contributed by atoms with Crippen LogP contribution in [-0.4, -0.2) is 47.9 Å². The summed E-state index contributed by atoms with van der Waals surface area (Å²) in [6, 6.07) is 10.1. The molecule has 9 nitrogen and oxygen atoms in total. The van der Waals surface area contributed by atoms with Crippen molar-refractivity contribution in [1.29, 1.82) is 0 Å². The van der Waals surface area contributed by atoms with Gasteiger partial charge in [-0.05, 0) is 43.7 Å². The predicted molar refractivity (Wildman–Crippen MR) is 123 cm³/mol. The van der Waals surface area contributed by atoms with E-state index < -0.39 is 38.6 Å². The maximum atomic E-state index is 13.5. The number of hydrogen-bond acceptors (Lipinski definition) is 9. The second-order valence-corrected chi connectivity index (χ2v) is 9.42. The van der Waals surface area contributed by atoms with E-state index in [2.05, 4.69) is 20.1 Å². The van der Waals surface area contributed by atoms with Gasteiger partial charge in [0.05, 0.1) is 24.3 Å². The Labute approximate surface area is 204 Å². The van der Waals surface area contributed by atoms with Crippen LogP contribution in [0.4, 0.5) is 13.2 Å². The highest BCUT2D eigenvalue weighted by molar-refractivity contribution is 7.91. The third kappa shape index (κ3) is 6.84. The number of nitrogens with zero attached hydrogens (tertiary/aromatic N) is 4. The van der Waals surface area contributed by atoms with Crippen LogP contribution in [0, 0.1) is 0 Å². The molecule has 0 aliphatic rings. The van der Waals surface area contributed by atoms with Crippen LogP contribution in [0.3, 0.4) is 0 Å². The lowest BCUT2D eigenvalue weighted by Gasteiger charge is -2.13. The Morgan fingerprint density at radius 2 is 1.78 bits per heavy atom. The van der Waals surface area contributed by atoms with Crippen LogP contribution in [0.2, 0.25) is 0 Å². The second-order valence-electron chi connectivity index (χ2n) is 7.42. The average molecular weight is 523 g/mol. The molecule has 0 aliphatic heterocycles. The molecule has 0 spiro atoms. The number of rotatable bonds is 9. The normalized spacial score (nSPS) is 12.3. The highest BCUT2D eigenvalue weighted by atomic mass is 32.2. The first-order chi connectivity index (χ1) is 17.0. The van der Waals surface area contributed by atoms with Crippen molar-refractivity contribution in [3.8, 4) is 17.0 Å². The molecule has 190 valence electrons. The summed E-state index contributed by atoms with van der Waals surface area (Å²) >= 11 is 0. The summed E-state index contributed by atoms with van der Waals surface area (Å²) in [6.45, 7) is 1.61. The Balaban J connectivity index is 1.76.